The van der Waals surface area contributed by atoms with Crippen molar-refractivity contribution in [2.75, 3.05) is 19.8 Å². The highest BCUT2D eigenvalue weighted by atomic mass is 16.5. The van der Waals surface area contributed by atoms with E-state index in [0.29, 0.717) is 19.0 Å². The third-order valence-corrected chi connectivity index (χ3v) is 4.85. The van der Waals surface area contributed by atoms with Crippen LogP contribution in [0.15, 0.2) is 43.1 Å². The molecule has 29 heavy (non-hydrogen) atoms. The lowest BCUT2D eigenvalue weighted by molar-refractivity contribution is 0.241. The Labute approximate surface area is 170 Å². The summed E-state index contributed by atoms with van der Waals surface area (Å²) < 4.78 is 11.4. The molecule has 0 bridgehead atoms. The van der Waals surface area contributed by atoms with Crippen molar-refractivity contribution in [2.45, 2.75) is 33.4 Å². The van der Waals surface area contributed by atoms with Crippen LogP contribution in [-0.4, -0.2) is 44.6 Å². The lowest BCUT2D eigenvalue weighted by Gasteiger charge is -2.28. The predicted octanol–water partition coefficient (Wildman–Crippen LogP) is 3.29. The van der Waals surface area contributed by atoms with Crippen LogP contribution in [-0.2, 0) is 19.5 Å². The molecular weight excluding hydrogens is 366 g/mol. The monoisotopic (exact) mass is 391 g/mol. The molecule has 0 aliphatic carbocycles. The van der Waals surface area contributed by atoms with Crippen LogP contribution in [0.2, 0.25) is 0 Å². The Hall–Kier alpha value is -3.06. The first-order valence-electron chi connectivity index (χ1n) is 9.98. The third-order valence-electron chi connectivity index (χ3n) is 4.85. The minimum Gasteiger partial charge on any atom is -0.490 e. The molecule has 3 aromatic rings. The second-order valence-electron chi connectivity index (χ2n) is 6.90. The second kappa shape index (κ2) is 8.96. The molecule has 0 fully saturated rings. The molecule has 1 aromatic carbocycles. The van der Waals surface area contributed by atoms with E-state index in [1.807, 2.05) is 26.1 Å². The number of fused-ring (bicyclic) bond motifs is 1. The van der Waals surface area contributed by atoms with Gasteiger partial charge in [-0.3, -0.25) is 4.90 Å². The van der Waals surface area contributed by atoms with E-state index < -0.39 is 0 Å². The molecule has 7 heteroatoms. The molecule has 0 atom stereocenters. The summed E-state index contributed by atoms with van der Waals surface area (Å²) in [6, 6.07) is 6.19. The molecule has 7 nitrogen and oxygen atoms in total. The van der Waals surface area contributed by atoms with E-state index in [2.05, 4.69) is 32.0 Å². The topological polar surface area (TPSA) is 73.3 Å². The molecule has 3 heterocycles. The first-order chi connectivity index (χ1) is 14.3. The van der Waals surface area contributed by atoms with Crippen LogP contribution in [0.1, 0.15) is 30.7 Å². The summed E-state index contributed by atoms with van der Waals surface area (Å²) in [6.07, 6.45) is 7.82. The van der Waals surface area contributed by atoms with Crippen molar-refractivity contribution >= 4 is 0 Å². The van der Waals surface area contributed by atoms with Gasteiger partial charge in [-0.2, -0.15) is 0 Å². The van der Waals surface area contributed by atoms with Crippen LogP contribution in [0.3, 0.4) is 0 Å². The molecule has 0 N–H and O–H groups in total. The summed E-state index contributed by atoms with van der Waals surface area (Å²) in [6.45, 7) is 7.84. The Morgan fingerprint density at radius 1 is 1.00 bits per heavy atom. The van der Waals surface area contributed by atoms with Crippen LogP contribution in [0.5, 0.6) is 11.5 Å². The van der Waals surface area contributed by atoms with Gasteiger partial charge in [0.15, 0.2) is 17.3 Å². The SMILES string of the molecule is CCOc1ccc(CN2CCc3nc(-c4cncnc4)ncc3C2)cc1OCC. The Kier molecular flexibility index (Phi) is 5.95. The first-order valence-corrected chi connectivity index (χ1v) is 9.98. The maximum absolute atomic E-state index is 5.76. The zero-order chi connectivity index (χ0) is 20.1. The zero-order valence-electron chi connectivity index (χ0n) is 16.8. The summed E-state index contributed by atoms with van der Waals surface area (Å²) >= 11 is 0. The van der Waals surface area contributed by atoms with Crippen molar-refractivity contribution in [3.8, 4) is 22.9 Å². The Morgan fingerprint density at radius 3 is 2.59 bits per heavy atom. The fraction of sp³-hybridized carbons (Fsp3) is 0.364. The van der Waals surface area contributed by atoms with Gasteiger partial charge < -0.3 is 9.47 Å². The Bertz CT molecular complexity index is 965. The van der Waals surface area contributed by atoms with Gasteiger partial charge in [-0.1, -0.05) is 6.07 Å². The number of rotatable bonds is 7. The summed E-state index contributed by atoms with van der Waals surface area (Å²) in [7, 11) is 0. The van der Waals surface area contributed by atoms with Gasteiger partial charge in [0.05, 0.1) is 24.5 Å². The molecule has 1 aliphatic rings. The number of aromatic nitrogens is 4. The molecule has 0 spiro atoms. The molecule has 1 aliphatic heterocycles. The van der Waals surface area contributed by atoms with Crippen molar-refractivity contribution in [2.24, 2.45) is 0 Å². The van der Waals surface area contributed by atoms with Gasteiger partial charge in [0, 0.05) is 50.2 Å². The lowest BCUT2D eigenvalue weighted by Crippen LogP contribution is -2.31. The fourth-order valence-corrected chi connectivity index (χ4v) is 3.52. The van der Waals surface area contributed by atoms with Crippen molar-refractivity contribution in [1.29, 1.82) is 0 Å². The molecule has 0 saturated carbocycles. The summed E-state index contributed by atoms with van der Waals surface area (Å²) in [4.78, 5) is 19.8. The quantitative estimate of drug-likeness (QED) is 0.612. The number of nitrogens with zero attached hydrogens (tertiary/aromatic N) is 5. The molecule has 0 amide bonds. The summed E-state index contributed by atoms with van der Waals surface area (Å²) in [5.41, 5.74) is 4.33. The van der Waals surface area contributed by atoms with E-state index in [1.165, 1.54) is 17.5 Å². The zero-order valence-corrected chi connectivity index (χ0v) is 16.8. The average molecular weight is 391 g/mol. The first kappa shape index (κ1) is 19.3. The molecular formula is C22H25N5O2. The Balaban J connectivity index is 1.47. The van der Waals surface area contributed by atoms with Gasteiger partial charge in [-0.25, -0.2) is 19.9 Å². The second-order valence-corrected chi connectivity index (χ2v) is 6.90. The smallest absolute Gasteiger partial charge is 0.162 e. The van der Waals surface area contributed by atoms with Crippen LogP contribution < -0.4 is 9.47 Å². The van der Waals surface area contributed by atoms with Gasteiger partial charge >= 0.3 is 0 Å². The van der Waals surface area contributed by atoms with Crippen molar-refractivity contribution in [3.05, 3.63) is 59.9 Å². The number of ether oxygens (including phenoxy) is 2. The summed E-state index contributed by atoms with van der Waals surface area (Å²) in [5, 5.41) is 0. The van der Waals surface area contributed by atoms with Gasteiger partial charge in [0.1, 0.15) is 6.33 Å². The standard InChI is InChI=1S/C22H25N5O2/c1-3-28-20-6-5-16(9-21(20)29-4-2)13-27-8-7-19-18(14-27)12-25-22(26-19)17-10-23-15-24-11-17/h5-6,9-12,15H,3-4,7-8,13-14H2,1-2H3. The van der Waals surface area contributed by atoms with Crippen molar-refractivity contribution < 1.29 is 9.47 Å². The van der Waals surface area contributed by atoms with E-state index in [0.717, 1.165) is 48.8 Å². The summed E-state index contributed by atoms with van der Waals surface area (Å²) in [5.74, 6) is 2.29. The van der Waals surface area contributed by atoms with E-state index in [4.69, 9.17) is 14.5 Å². The highest BCUT2D eigenvalue weighted by Gasteiger charge is 2.19. The third kappa shape index (κ3) is 4.51. The minimum atomic E-state index is 0.618. The van der Waals surface area contributed by atoms with E-state index in [-0.39, 0.29) is 0 Å². The molecule has 2 aromatic heterocycles. The molecule has 0 saturated heterocycles. The molecule has 4 rings (SSSR count). The molecule has 0 unspecified atom stereocenters. The molecule has 150 valence electrons. The average Bonchev–Trinajstić information content (AvgIpc) is 2.76. The van der Waals surface area contributed by atoms with Crippen LogP contribution >= 0.6 is 0 Å². The Morgan fingerprint density at radius 2 is 1.79 bits per heavy atom. The van der Waals surface area contributed by atoms with Crippen LogP contribution in [0.25, 0.3) is 11.4 Å². The van der Waals surface area contributed by atoms with Crippen LogP contribution in [0.4, 0.5) is 0 Å². The largest absolute Gasteiger partial charge is 0.490 e. The number of benzene rings is 1. The lowest BCUT2D eigenvalue weighted by atomic mass is 10.1. The molecule has 0 radical (unpaired) electrons. The fourth-order valence-electron chi connectivity index (χ4n) is 3.52. The van der Waals surface area contributed by atoms with Gasteiger partial charge in [-0.05, 0) is 31.5 Å². The van der Waals surface area contributed by atoms with Gasteiger partial charge in [0.25, 0.3) is 0 Å². The van der Waals surface area contributed by atoms with Gasteiger partial charge in [0.2, 0.25) is 0 Å². The van der Waals surface area contributed by atoms with Gasteiger partial charge in [-0.15, -0.1) is 0 Å². The van der Waals surface area contributed by atoms with Crippen LogP contribution in [0, 0.1) is 0 Å². The number of hydrogen-bond donors (Lipinski definition) is 0. The van der Waals surface area contributed by atoms with Crippen molar-refractivity contribution in [1.82, 2.24) is 24.8 Å². The maximum Gasteiger partial charge on any atom is 0.162 e. The highest BCUT2D eigenvalue weighted by molar-refractivity contribution is 5.52. The minimum absolute atomic E-state index is 0.618. The van der Waals surface area contributed by atoms with E-state index in [1.54, 1.807) is 12.4 Å². The van der Waals surface area contributed by atoms with E-state index >= 15 is 0 Å². The maximum atomic E-state index is 5.76. The van der Waals surface area contributed by atoms with E-state index in [9.17, 15) is 0 Å². The predicted molar refractivity (Wildman–Crippen MR) is 110 cm³/mol. The number of hydrogen-bond acceptors (Lipinski definition) is 7. The highest BCUT2D eigenvalue weighted by Crippen LogP contribution is 2.30. The normalized spacial score (nSPS) is 13.7. The van der Waals surface area contributed by atoms with Crippen molar-refractivity contribution in [3.63, 3.8) is 0 Å².